The van der Waals surface area contributed by atoms with Crippen LogP contribution in [0, 0.1) is 0 Å². The Kier molecular flexibility index (Phi) is 5.09. The van der Waals surface area contributed by atoms with Crippen LogP contribution in [0.2, 0.25) is 5.02 Å². The second kappa shape index (κ2) is 7.45. The second-order valence-electron chi connectivity index (χ2n) is 5.29. The summed E-state index contributed by atoms with van der Waals surface area (Å²) in [6, 6.07) is 8.39. The molecule has 0 fully saturated rings. The average molecular weight is 374 g/mol. The number of anilines is 2. The van der Waals surface area contributed by atoms with E-state index in [4.69, 9.17) is 25.8 Å². The first-order valence-electron chi connectivity index (χ1n) is 7.58. The first kappa shape index (κ1) is 17.8. The van der Waals surface area contributed by atoms with E-state index in [9.17, 15) is 4.79 Å². The van der Waals surface area contributed by atoms with Crippen molar-refractivity contribution in [3.63, 3.8) is 0 Å². The Labute approximate surface area is 154 Å². The number of benzene rings is 2. The predicted octanol–water partition coefficient (Wildman–Crippen LogP) is 3.83. The van der Waals surface area contributed by atoms with E-state index in [1.54, 1.807) is 38.5 Å². The van der Waals surface area contributed by atoms with Crippen molar-refractivity contribution in [2.24, 2.45) is 0 Å². The fourth-order valence-electron chi connectivity index (χ4n) is 2.52. The molecule has 7 nitrogen and oxygen atoms in total. The number of aromatic nitrogens is 2. The second-order valence-corrected chi connectivity index (χ2v) is 5.73. The number of methoxy groups -OCH3 is 3. The Bertz CT molecular complexity index is 978. The van der Waals surface area contributed by atoms with Gasteiger partial charge >= 0.3 is 5.97 Å². The third-order valence-corrected chi connectivity index (χ3v) is 3.94. The number of fused-ring (bicyclic) bond motifs is 1. The third-order valence-electron chi connectivity index (χ3n) is 3.72. The summed E-state index contributed by atoms with van der Waals surface area (Å²) >= 11 is 6.11. The summed E-state index contributed by atoms with van der Waals surface area (Å²) in [6.07, 6.45) is 1.43. The van der Waals surface area contributed by atoms with Crippen LogP contribution < -0.4 is 14.8 Å². The minimum absolute atomic E-state index is 0.333. The maximum atomic E-state index is 11.8. The first-order valence-corrected chi connectivity index (χ1v) is 7.96. The van der Waals surface area contributed by atoms with Crippen molar-refractivity contribution in [2.75, 3.05) is 26.6 Å². The molecule has 0 aliphatic carbocycles. The molecule has 0 unspecified atom stereocenters. The zero-order valence-corrected chi connectivity index (χ0v) is 15.1. The van der Waals surface area contributed by atoms with Gasteiger partial charge in [-0.05, 0) is 24.3 Å². The lowest BCUT2D eigenvalue weighted by atomic mass is 10.1. The molecule has 1 heterocycles. The lowest BCUT2D eigenvalue weighted by Gasteiger charge is -2.13. The number of halogens is 1. The topological polar surface area (TPSA) is 82.6 Å². The fourth-order valence-corrected chi connectivity index (χ4v) is 2.75. The van der Waals surface area contributed by atoms with E-state index < -0.39 is 5.97 Å². The molecule has 0 saturated heterocycles. The Balaban J connectivity index is 2.06. The fraction of sp³-hybridized carbons (Fsp3) is 0.167. The van der Waals surface area contributed by atoms with Gasteiger partial charge in [0.25, 0.3) is 0 Å². The third kappa shape index (κ3) is 3.48. The zero-order chi connectivity index (χ0) is 18.7. The van der Waals surface area contributed by atoms with Gasteiger partial charge in [-0.3, -0.25) is 0 Å². The van der Waals surface area contributed by atoms with Gasteiger partial charge in [-0.25, -0.2) is 14.8 Å². The summed E-state index contributed by atoms with van der Waals surface area (Å²) in [7, 11) is 4.43. The van der Waals surface area contributed by atoms with E-state index in [-0.39, 0.29) is 0 Å². The van der Waals surface area contributed by atoms with Crippen molar-refractivity contribution in [1.29, 1.82) is 0 Å². The van der Waals surface area contributed by atoms with Gasteiger partial charge in [-0.2, -0.15) is 0 Å². The highest BCUT2D eigenvalue weighted by Crippen LogP contribution is 2.34. The predicted molar refractivity (Wildman–Crippen MR) is 98.7 cm³/mol. The number of esters is 1. The summed E-state index contributed by atoms with van der Waals surface area (Å²) in [5.74, 6) is 1.18. The monoisotopic (exact) mass is 373 g/mol. The van der Waals surface area contributed by atoms with Gasteiger partial charge in [0.2, 0.25) is 0 Å². The highest BCUT2D eigenvalue weighted by Gasteiger charge is 2.13. The number of hydrogen-bond acceptors (Lipinski definition) is 7. The average Bonchev–Trinajstić information content (AvgIpc) is 2.66. The van der Waals surface area contributed by atoms with Gasteiger partial charge in [-0.1, -0.05) is 11.6 Å². The Morgan fingerprint density at radius 3 is 2.42 bits per heavy atom. The number of hydrogen-bond donors (Lipinski definition) is 1. The van der Waals surface area contributed by atoms with Crippen LogP contribution in [0.1, 0.15) is 10.4 Å². The number of nitrogens with one attached hydrogen (secondary N) is 1. The molecular weight excluding hydrogens is 358 g/mol. The van der Waals surface area contributed by atoms with Crippen LogP contribution in [-0.2, 0) is 4.74 Å². The maximum Gasteiger partial charge on any atom is 0.337 e. The lowest BCUT2D eigenvalue weighted by Crippen LogP contribution is -2.03. The zero-order valence-electron chi connectivity index (χ0n) is 14.4. The van der Waals surface area contributed by atoms with Crippen LogP contribution in [0.25, 0.3) is 10.9 Å². The lowest BCUT2D eigenvalue weighted by molar-refractivity contribution is 0.0601. The van der Waals surface area contributed by atoms with Crippen molar-refractivity contribution in [3.05, 3.63) is 47.2 Å². The smallest absolute Gasteiger partial charge is 0.337 e. The van der Waals surface area contributed by atoms with Crippen LogP contribution in [-0.4, -0.2) is 37.3 Å². The number of ether oxygens (including phenoxy) is 3. The maximum absolute atomic E-state index is 11.8. The SMILES string of the molecule is COC(=O)c1cc(Cl)cc(Nc2ncnc3cc(OC)c(OC)cc23)c1. The molecule has 0 saturated carbocycles. The van der Waals surface area contributed by atoms with Crippen LogP contribution in [0.15, 0.2) is 36.7 Å². The van der Waals surface area contributed by atoms with Gasteiger partial charge < -0.3 is 19.5 Å². The number of nitrogens with zero attached hydrogens (tertiary/aromatic N) is 2. The van der Waals surface area contributed by atoms with Crippen molar-refractivity contribution in [3.8, 4) is 11.5 Å². The van der Waals surface area contributed by atoms with Crippen molar-refractivity contribution in [2.45, 2.75) is 0 Å². The summed E-state index contributed by atoms with van der Waals surface area (Å²) < 4.78 is 15.4. The van der Waals surface area contributed by atoms with Crippen molar-refractivity contribution < 1.29 is 19.0 Å². The Morgan fingerprint density at radius 2 is 1.73 bits per heavy atom. The Hall–Kier alpha value is -3.06. The van der Waals surface area contributed by atoms with Crippen LogP contribution >= 0.6 is 11.6 Å². The van der Waals surface area contributed by atoms with Gasteiger partial charge in [0.05, 0.1) is 32.4 Å². The molecule has 3 aromatic rings. The highest BCUT2D eigenvalue weighted by atomic mass is 35.5. The molecule has 134 valence electrons. The molecule has 0 bridgehead atoms. The molecule has 3 rings (SSSR count). The Morgan fingerprint density at radius 1 is 1.00 bits per heavy atom. The summed E-state index contributed by atoms with van der Waals surface area (Å²) in [6.45, 7) is 0. The summed E-state index contributed by atoms with van der Waals surface area (Å²) in [4.78, 5) is 20.3. The molecular formula is C18H16ClN3O4. The molecule has 0 aliphatic heterocycles. The van der Waals surface area contributed by atoms with E-state index in [1.807, 2.05) is 0 Å². The quantitative estimate of drug-likeness (QED) is 0.680. The van der Waals surface area contributed by atoms with E-state index in [2.05, 4.69) is 15.3 Å². The molecule has 2 aromatic carbocycles. The minimum atomic E-state index is -0.477. The molecule has 0 aliphatic rings. The number of rotatable bonds is 5. The van der Waals surface area contributed by atoms with E-state index in [0.29, 0.717) is 39.1 Å². The summed E-state index contributed by atoms with van der Waals surface area (Å²) in [5, 5.41) is 4.28. The van der Waals surface area contributed by atoms with Gasteiger partial charge in [0, 0.05) is 22.2 Å². The molecule has 1 N–H and O–H groups in total. The van der Waals surface area contributed by atoms with Crippen LogP contribution in [0.4, 0.5) is 11.5 Å². The number of carbonyl (C=O) groups excluding carboxylic acids is 1. The molecule has 0 atom stereocenters. The van der Waals surface area contributed by atoms with Gasteiger partial charge in [0.15, 0.2) is 11.5 Å². The minimum Gasteiger partial charge on any atom is -0.493 e. The number of carbonyl (C=O) groups is 1. The van der Waals surface area contributed by atoms with E-state index in [0.717, 1.165) is 5.39 Å². The first-order chi connectivity index (χ1) is 12.5. The van der Waals surface area contributed by atoms with E-state index >= 15 is 0 Å². The largest absolute Gasteiger partial charge is 0.493 e. The van der Waals surface area contributed by atoms with Crippen molar-refractivity contribution in [1.82, 2.24) is 9.97 Å². The summed E-state index contributed by atoms with van der Waals surface area (Å²) in [5.41, 5.74) is 1.60. The van der Waals surface area contributed by atoms with Crippen molar-refractivity contribution >= 4 is 40.0 Å². The molecule has 8 heteroatoms. The standard InChI is InChI=1S/C18H16ClN3O4/c1-24-15-7-13-14(8-16(15)25-2)20-9-21-17(13)22-12-5-10(18(23)26-3)4-11(19)6-12/h4-9H,1-3H3,(H,20,21,22). The van der Waals surface area contributed by atoms with Gasteiger partial charge in [-0.15, -0.1) is 0 Å². The van der Waals surface area contributed by atoms with Crippen LogP contribution in [0.3, 0.4) is 0 Å². The molecule has 0 amide bonds. The highest BCUT2D eigenvalue weighted by molar-refractivity contribution is 6.31. The molecule has 1 aromatic heterocycles. The molecule has 26 heavy (non-hydrogen) atoms. The van der Waals surface area contributed by atoms with E-state index in [1.165, 1.54) is 19.5 Å². The normalized spacial score (nSPS) is 10.5. The van der Waals surface area contributed by atoms with Crippen LogP contribution in [0.5, 0.6) is 11.5 Å². The molecule has 0 spiro atoms. The molecule has 0 radical (unpaired) electrons. The van der Waals surface area contributed by atoms with Gasteiger partial charge in [0.1, 0.15) is 12.1 Å².